The summed E-state index contributed by atoms with van der Waals surface area (Å²) in [6, 6.07) is 2.74. The Hall–Kier alpha value is -0.746. The first-order valence-corrected chi connectivity index (χ1v) is 19.5. The van der Waals surface area contributed by atoms with Crippen molar-refractivity contribution in [1.29, 1.82) is 5.26 Å². The van der Waals surface area contributed by atoms with Crippen LogP contribution in [0.2, 0.25) is 39.3 Å². The molecule has 32 heavy (non-hydrogen) atoms. The van der Waals surface area contributed by atoms with Gasteiger partial charge in [-0.1, -0.05) is 19.4 Å². The summed E-state index contributed by atoms with van der Waals surface area (Å²) in [6.45, 7) is 18.3. The standard InChI is InChI=1S/C26H43NO3Si2/c1-24-13-11-19(28)15-18(24)9-10-20-21-12-14-26(17-27,30-32(6,7)8)25(21,2)16-22(23(20)24)29-31(3,4)5/h15,20-23H,9-14,16H2,1-8H3/t20-,21-,22-,23+,24-,25-,26-/m0/s1. The van der Waals surface area contributed by atoms with Gasteiger partial charge in [0.25, 0.3) is 0 Å². The lowest BCUT2D eigenvalue weighted by Gasteiger charge is -2.62. The quantitative estimate of drug-likeness (QED) is 0.439. The van der Waals surface area contributed by atoms with Crippen LogP contribution in [0.5, 0.6) is 0 Å². The van der Waals surface area contributed by atoms with Gasteiger partial charge in [-0.15, -0.1) is 0 Å². The number of carbonyl (C=O) groups is 1. The van der Waals surface area contributed by atoms with Gasteiger partial charge in [-0.2, -0.15) is 5.26 Å². The third-order valence-corrected chi connectivity index (χ3v) is 11.1. The van der Waals surface area contributed by atoms with Gasteiger partial charge in [0, 0.05) is 17.9 Å². The van der Waals surface area contributed by atoms with Crippen LogP contribution < -0.4 is 0 Å². The summed E-state index contributed by atoms with van der Waals surface area (Å²) in [4.78, 5) is 12.3. The van der Waals surface area contributed by atoms with E-state index in [1.54, 1.807) is 0 Å². The van der Waals surface area contributed by atoms with E-state index >= 15 is 0 Å². The lowest BCUT2D eigenvalue weighted by atomic mass is 9.45. The van der Waals surface area contributed by atoms with Crippen LogP contribution in [-0.2, 0) is 13.6 Å². The summed E-state index contributed by atoms with van der Waals surface area (Å²) in [6.07, 6.45) is 8.66. The molecule has 0 aliphatic heterocycles. The number of hydrogen-bond acceptors (Lipinski definition) is 4. The van der Waals surface area contributed by atoms with Crippen LogP contribution in [0.4, 0.5) is 0 Å². The largest absolute Gasteiger partial charge is 0.414 e. The van der Waals surface area contributed by atoms with Crippen molar-refractivity contribution in [3.8, 4) is 6.07 Å². The average molecular weight is 474 g/mol. The monoisotopic (exact) mass is 473 g/mol. The lowest BCUT2D eigenvalue weighted by Crippen LogP contribution is -2.62. The molecule has 0 unspecified atom stereocenters. The van der Waals surface area contributed by atoms with Gasteiger partial charge >= 0.3 is 0 Å². The summed E-state index contributed by atoms with van der Waals surface area (Å²) in [5.41, 5.74) is 0.522. The highest BCUT2D eigenvalue weighted by Gasteiger charge is 2.68. The molecule has 6 heteroatoms. The maximum Gasteiger partial charge on any atom is 0.185 e. The van der Waals surface area contributed by atoms with Crippen LogP contribution in [0.3, 0.4) is 0 Å². The van der Waals surface area contributed by atoms with Gasteiger partial charge < -0.3 is 8.85 Å². The molecule has 3 saturated carbocycles. The fraction of sp³-hybridized carbons (Fsp3) is 0.846. The molecule has 4 aliphatic carbocycles. The van der Waals surface area contributed by atoms with Crippen LogP contribution in [0.1, 0.15) is 58.8 Å². The maximum atomic E-state index is 12.3. The van der Waals surface area contributed by atoms with Crippen LogP contribution in [-0.4, -0.2) is 34.1 Å². The Labute approximate surface area is 197 Å². The summed E-state index contributed by atoms with van der Waals surface area (Å²) >= 11 is 0. The number of nitrogens with zero attached hydrogens (tertiary/aromatic N) is 1. The van der Waals surface area contributed by atoms with Gasteiger partial charge in [-0.25, -0.2) is 0 Å². The molecule has 0 amide bonds. The van der Waals surface area contributed by atoms with Gasteiger partial charge in [0.1, 0.15) is 5.60 Å². The van der Waals surface area contributed by atoms with Crippen molar-refractivity contribution in [3.05, 3.63) is 11.6 Å². The van der Waals surface area contributed by atoms with Crippen molar-refractivity contribution in [1.82, 2.24) is 0 Å². The van der Waals surface area contributed by atoms with Crippen molar-refractivity contribution in [3.63, 3.8) is 0 Å². The molecule has 0 spiro atoms. The van der Waals surface area contributed by atoms with E-state index in [0.29, 0.717) is 30.0 Å². The molecule has 4 aliphatic rings. The third kappa shape index (κ3) is 3.81. The zero-order valence-corrected chi connectivity index (χ0v) is 23.5. The maximum absolute atomic E-state index is 12.3. The summed E-state index contributed by atoms with van der Waals surface area (Å²) in [5, 5.41) is 10.5. The van der Waals surface area contributed by atoms with Crippen LogP contribution >= 0.6 is 0 Å². The van der Waals surface area contributed by atoms with Crippen molar-refractivity contribution < 1.29 is 13.6 Å². The minimum Gasteiger partial charge on any atom is -0.414 e. The predicted octanol–water partition coefficient (Wildman–Crippen LogP) is 6.46. The molecule has 178 valence electrons. The van der Waals surface area contributed by atoms with E-state index in [4.69, 9.17) is 8.85 Å². The molecule has 0 N–H and O–H groups in total. The predicted molar refractivity (Wildman–Crippen MR) is 133 cm³/mol. The molecule has 0 radical (unpaired) electrons. The van der Waals surface area contributed by atoms with Crippen molar-refractivity contribution >= 4 is 22.4 Å². The molecule has 0 aromatic rings. The fourth-order valence-electron chi connectivity index (χ4n) is 8.10. The molecule has 0 bridgehead atoms. The Kier molecular flexibility index (Phi) is 5.81. The van der Waals surface area contributed by atoms with Crippen molar-refractivity contribution in [2.75, 3.05) is 0 Å². The molecular formula is C26H43NO3Si2. The Balaban J connectivity index is 1.80. The van der Waals surface area contributed by atoms with Crippen molar-refractivity contribution in [2.24, 2.45) is 28.6 Å². The fourth-order valence-corrected chi connectivity index (χ4v) is 10.7. The topological polar surface area (TPSA) is 59.3 Å². The zero-order valence-electron chi connectivity index (χ0n) is 21.5. The number of rotatable bonds is 4. The minimum absolute atomic E-state index is 0.0417. The first-order chi connectivity index (χ1) is 14.6. The second kappa shape index (κ2) is 7.63. The van der Waals surface area contributed by atoms with Crippen molar-refractivity contribution in [2.45, 2.75) is 110 Å². The molecule has 7 atom stereocenters. The lowest BCUT2D eigenvalue weighted by molar-refractivity contribution is -0.147. The molecule has 4 nitrogen and oxygen atoms in total. The van der Waals surface area contributed by atoms with E-state index in [0.717, 1.165) is 38.5 Å². The third-order valence-electron chi connectivity index (χ3n) is 9.16. The SMILES string of the molecule is C[C@]12CCC(=O)C=C1CC[C@@H]1[C@@H]2[C@@H](O[Si](C)(C)C)C[C@@]2(C)[C@H]1CC[C@@]2(C#N)O[Si](C)(C)C. The number of carbonyl (C=O) groups excluding carboxylic acids is 1. The van der Waals surface area contributed by atoms with Crippen LogP contribution in [0.15, 0.2) is 11.6 Å². The number of hydrogen-bond donors (Lipinski definition) is 0. The summed E-state index contributed by atoms with van der Waals surface area (Å²) in [5.74, 6) is 1.75. The molecule has 0 aromatic carbocycles. The number of allylic oxidation sites excluding steroid dienone is 1. The molecule has 4 rings (SSSR count). The highest BCUT2D eigenvalue weighted by Crippen LogP contribution is 2.69. The Bertz CT molecular complexity index is 866. The molecule has 0 heterocycles. The normalized spacial score (nSPS) is 44.2. The first kappa shape index (κ1) is 24.4. The minimum atomic E-state index is -1.90. The van der Waals surface area contributed by atoms with E-state index in [1.807, 2.05) is 6.08 Å². The first-order valence-electron chi connectivity index (χ1n) is 12.7. The number of ketones is 1. The van der Waals surface area contributed by atoms with E-state index in [9.17, 15) is 10.1 Å². The summed E-state index contributed by atoms with van der Waals surface area (Å²) in [7, 11) is -3.71. The van der Waals surface area contributed by atoms with E-state index in [-0.39, 0.29) is 16.9 Å². The van der Waals surface area contributed by atoms with Gasteiger partial charge in [-0.3, -0.25) is 4.79 Å². The van der Waals surface area contributed by atoms with Gasteiger partial charge in [0.15, 0.2) is 22.4 Å². The van der Waals surface area contributed by atoms with Gasteiger partial charge in [-0.05, 0) is 107 Å². The smallest absolute Gasteiger partial charge is 0.185 e. The van der Waals surface area contributed by atoms with E-state index < -0.39 is 22.2 Å². The Morgan fingerprint density at radius 1 is 1.03 bits per heavy atom. The highest BCUT2D eigenvalue weighted by atomic mass is 28.4. The second-order valence-corrected chi connectivity index (χ2v) is 22.4. The molecule has 0 saturated heterocycles. The van der Waals surface area contributed by atoms with E-state index in [1.165, 1.54) is 5.57 Å². The molecular weight excluding hydrogens is 430 g/mol. The molecule has 3 fully saturated rings. The van der Waals surface area contributed by atoms with Crippen LogP contribution in [0, 0.1) is 39.9 Å². The number of fused-ring (bicyclic) bond motifs is 5. The van der Waals surface area contributed by atoms with Crippen LogP contribution in [0.25, 0.3) is 0 Å². The molecule has 0 aromatic heterocycles. The van der Waals surface area contributed by atoms with Gasteiger partial charge in [0.05, 0.1) is 6.07 Å². The van der Waals surface area contributed by atoms with Gasteiger partial charge in [0.2, 0.25) is 0 Å². The Morgan fingerprint density at radius 2 is 1.72 bits per heavy atom. The second-order valence-electron chi connectivity index (χ2n) is 13.5. The highest BCUT2D eigenvalue weighted by molar-refractivity contribution is 6.70. The summed E-state index contributed by atoms with van der Waals surface area (Å²) < 4.78 is 13.8. The Morgan fingerprint density at radius 3 is 2.31 bits per heavy atom. The average Bonchev–Trinajstić information content (AvgIpc) is 2.91. The number of nitriles is 1. The zero-order chi connectivity index (χ0) is 23.7. The van der Waals surface area contributed by atoms with E-state index in [2.05, 4.69) is 59.2 Å².